The van der Waals surface area contributed by atoms with Gasteiger partial charge in [-0.3, -0.25) is 4.68 Å². The summed E-state index contributed by atoms with van der Waals surface area (Å²) in [6.07, 6.45) is 1.61. The van der Waals surface area contributed by atoms with Crippen molar-refractivity contribution in [2.24, 2.45) is 12.8 Å². The van der Waals surface area contributed by atoms with Crippen molar-refractivity contribution in [2.45, 2.75) is 32.7 Å². The topological polar surface area (TPSA) is 43.8 Å². The van der Waals surface area contributed by atoms with E-state index in [4.69, 9.17) is 17.3 Å². The summed E-state index contributed by atoms with van der Waals surface area (Å²) in [4.78, 5) is 0. The molecule has 2 aromatic rings. The van der Waals surface area contributed by atoms with E-state index in [9.17, 15) is 0 Å². The summed E-state index contributed by atoms with van der Waals surface area (Å²) in [5.41, 5.74) is 10.8. The SMILES string of the molecule is Cc1ccc(CC(N)Cc2c(C)nn(C)c2Cl)cc1. The molecule has 0 fully saturated rings. The smallest absolute Gasteiger partial charge is 0.130 e. The summed E-state index contributed by atoms with van der Waals surface area (Å²) in [5.74, 6) is 0. The first kappa shape index (κ1) is 14.1. The van der Waals surface area contributed by atoms with Gasteiger partial charge >= 0.3 is 0 Å². The van der Waals surface area contributed by atoms with Crippen molar-refractivity contribution >= 4 is 11.6 Å². The second kappa shape index (κ2) is 5.76. The van der Waals surface area contributed by atoms with Crippen LogP contribution in [0.5, 0.6) is 0 Å². The summed E-state index contributed by atoms with van der Waals surface area (Å²) < 4.78 is 1.70. The minimum Gasteiger partial charge on any atom is -0.327 e. The van der Waals surface area contributed by atoms with E-state index in [0.29, 0.717) is 5.15 Å². The third kappa shape index (κ3) is 3.37. The fraction of sp³-hybridized carbons (Fsp3) is 0.400. The second-order valence-electron chi connectivity index (χ2n) is 5.13. The highest BCUT2D eigenvalue weighted by atomic mass is 35.5. The lowest BCUT2D eigenvalue weighted by molar-refractivity contribution is 0.662. The van der Waals surface area contributed by atoms with Crippen LogP contribution in [-0.2, 0) is 19.9 Å². The van der Waals surface area contributed by atoms with Crippen molar-refractivity contribution in [2.75, 3.05) is 0 Å². The molecule has 0 aliphatic rings. The molecule has 19 heavy (non-hydrogen) atoms. The molecule has 1 heterocycles. The number of aromatic nitrogens is 2. The Morgan fingerprint density at radius 3 is 2.37 bits per heavy atom. The predicted molar refractivity (Wildman–Crippen MR) is 79.5 cm³/mol. The molecule has 2 N–H and O–H groups in total. The van der Waals surface area contributed by atoms with Crippen LogP contribution in [0.3, 0.4) is 0 Å². The highest BCUT2D eigenvalue weighted by molar-refractivity contribution is 6.30. The minimum atomic E-state index is 0.0584. The zero-order valence-corrected chi connectivity index (χ0v) is 12.4. The molecule has 1 aromatic heterocycles. The van der Waals surface area contributed by atoms with Crippen LogP contribution in [-0.4, -0.2) is 15.8 Å². The van der Waals surface area contributed by atoms with Gasteiger partial charge in [-0.05, 0) is 32.3 Å². The molecular formula is C15H20ClN3. The Bertz CT molecular complexity index is 558. The van der Waals surface area contributed by atoms with Crippen molar-refractivity contribution in [1.29, 1.82) is 0 Å². The number of benzene rings is 1. The summed E-state index contributed by atoms with van der Waals surface area (Å²) >= 11 is 6.23. The molecule has 1 atom stereocenters. The molecule has 0 aliphatic carbocycles. The van der Waals surface area contributed by atoms with Crippen LogP contribution < -0.4 is 5.73 Å². The Kier molecular flexibility index (Phi) is 4.27. The first-order valence-electron chi connectivity index (χ1n) is 6.46. The molecule has 2 rings (SSSR count). The van der Waals surface area contributed by atoms with E-state index < -0.39 is 0 Å². The Hall–Kier alpha value is -1.32. The van der Waals surface area contributed by atoms with Crippen LogP contribution in [0.25, 0.3) is 0 Å². The molecule has 1 unspecified atom stereocenters. The van der Waals surface area contributed by atoms with E-state index in [2.05, 4.69) is 36.3 Å². The lowest BCUT2D eigenvalue weighted by atomic mass is 9.99. The van der Waals surface area contributed by atoms with Crippen LogP contribution in [0.15, 0.2) is 24.3 Å². The van der Waals surface area contributed by atoms with Gasteiger partial charge in [-0.25, -0.2) is 0 Å². The molecule has 0 amide bonds. The molecule has 0 saturated carbocycles. The van der Waals surface area contributed by atoms with Gasteiger partial charge in [0, 0.05) is 18.7 Å². The molecule has 4 heteroatoms. The predicted octanol–water partition coefficient (Wildman–Crippen LogP) is 2.80. The molecule has 0 aliphatic heterocycles. The standard InChI is InChI=1S/C15H20ClN3/c1-10-4-6-12(7-5-10)8-13(17)9-14-11(2)18-19(3)15(14)16/h4-7,13H,8-9,17H2,1-3H3. The Balaban J connectivity index is 2.05. The second-order valence-corrected chi connectivity index (χ2v) is 5.49. The number of hydrogen-bond acceptors (Lipinski definition) is 2. The van der Waals surface area contributed by atoms with Gasteiger partial charge in [0.25, 0.3) is 0 Å². The molecule has 3 nitrogen and oxygen atoms in total. The number of aryl methyl sites for hydroxylation is 3. The van der Waals surface area contributed by atoms with Crippen LogP contribution in [0.4, 0.5) is 0 Å². The summed E-state index contributed by atoms with van der Waals surface area (Å²) in [6.45, 7) is 4.06. The summed E-state index contributed by atoms with van der Waals surface area (Å²) in [6, 6.07) is 8.55. The number of nitrogens with zero attached hydrogens (tertiary/aromatic N) is 2. The number of rotatable bonds is 4. The maximum Gasteiger partial charge on any atom is 0.130 e. The zero-order valence-electron chi connectivity index (χ0n) is 11.7. The van der Waals surface area contributed by atoms with Gasteiger partial charge in [0.15, 0.2) is 0 Å². The maximum absolute atomic E-state index is 6.23. The maximum atomic E-state index is 6.23. The van der Waals surface area contributed by atoms with Crippen LogP contribution in [0, 0.1) is 13.8 Å². The van der Waals surface area contributed by atoms with E-state index in [1.165, 1.54) is 11.1 Å². The number of nitrogens with two attached hydrogens (primary N) is 1. The number of halogens is 1. The molecule has 0 spiro atoms. The summed E-state index contributed by atoms with van der Waals surface area (Å²) in [5, 5.41) is 5.00. The third-order valence-electron chi connectivity index (χ3n) is 3.35. The van der Waals surface area contributed by atoms with Crippen molar-refractivity contribution < 1.29 is 0 Å². The average Bonchev–Trinajstić information content (AvgIpc) is 2.59. The van der Waals surface area contributed by atoms with E-state index >= 15 is 0 Å². The van der Waals surface area contributed by atoms with Crippen LogP contribution in [0.1, 0.15) is 22.4 Å². The third-order valence-corrected chi connectivity index (χ3v) is 3.83. The largest absolute Gasteiger partial charge is 0.327 e. The lowest BCUT2D eigenvalue weighted by Gasteiger charge is -2.12. The Morgan fingerprint density at radius 1 is 1.21 bits per heavy atom. The van der Waals surface area contributed by atoms with Crippen molar-refractivity contribution in [3.05, 3.63) is 51.8 Å². The van der Waals surface area contributed by atoms with Gasteiger partial charge in [0.05, 0.1) is 5.69 Å². The first-order valence-corrected chi connectivity index (χ1v) is 6.84. The average molecular weight is 278 g/mol. The van der Waals surface area contributed by atoms with Gasteiger partial charge in [-0.2, -0.15) is 5.10 Å². The highest BCUT2D eigenvalue weighted by Gasteiger charge is 2.15. The number of hydrogen-bond donors (Lipinski definition) is 1. The summed E-state index contributed by atoms with van der Waals surface area (Å²) in [7, 11) is 1.85. The Labute approximate surface area is 119 Å². The highest BCUT2D eigenvalue weighted by Crippen LogP contribution is 2.20. The molecule has 0 bridgehead atoms. The molecular weight excluding hydrogens is 258 g/mol. The normalized spacial score (nSPS) is 12.7. The van der Waals surface area contributed by atoms with Gasteiger partial charge in [-0.15, -0.1) is 0 Å². The zero-order chi connectivity index (χ0) is 14.0. The Morgan fingerprint density at radius 2 is 1.84 bits per heavy atom. The van der Waals surface area contributed by atoms with E-state index in [1.807, 2.05) is 14.0 Å². The lowest BCUT2D eigenvalue weighted by Crippen LogP contribution is -2.25. The van der Waals surface area contributed by atoms with Crippen molar-refractivity contribution in [3.8, 4) is 0 Å². The fourth-order valence-corrected chi connectivity index (χ4v) is 2.52. The van der Waals surface area contributed by atoms with E-state index in [1.54, 1.807) is 4.68 Å². The van der Waals surface area contributed by atoms with Crippen LogP contribution in [0.2, 0.25) is 5.15 Å². The van der Waals surface area contributed by atoms with Crippen molar-refractivity contribution in [3.63, 3.8) is 0 Å². The first-order chi connectivity index (χ1) is 8.97. The molecule has 1 aromatic carbocycles. The van der Waals surface area contributed by atoms with Gasteiger partial charge < -0.3 is 5.73 Å². The van der Waals surface area contributed by atoms with Crippen LogP contribution >= 0.6 is 11.6 Å². The fourth-order valence-electron chi connectivity index (χ4n) is 2.27. The van der Waals surface area contributed by atoms with Gasteiger partial charge in [0.1, 0.15) is 5.15 Å². The van der Waals surface area contributed by atoms with Gasteiger partial charge in [-0.1, -0.05) is 41.4 Å². The van der Waals surface area contributed by atoms with Gasteiger partial charge in [0.2, 0.25) is 0 Å². The molecule has 102 valence electrons. The van der Waals surface area contributed by atoms with E-state index in [0.717, 1.165) is 24.1 Å². The van der Waals surface area contributed by atoms with Crippen molar-refractivity contribution in [1.82, 2.24) is 9.78 Å². The van der Waals surface area contributed by atoms with E-state index in [-0.39, 0.29) is 6.04 Å². The minimum absolute atomic E-state index is 0.0584. The molecule has 0 saturated heterocycles. The molecule has 0 radical (unpaired) electrons. The quantitative estimate of drug-likeness (QED) is 0.934. The monoisotopic (exact) mass is 277 g/mol.